The molecule has 1 atom stereocenters. The Morgan fingerprint density at radius 2 is 2.28 bits per heavy atom. The molecule has 2 rings (SSSR count). The van der Waals surface area contributed by atoms with Crippen molar-refractivity contribution in [1.82, 2.24) is 5.32 Å². The number of methoxy groups -OCH3 is 1. The van der Waals surface area contributed by atoms with Crippen molar-refractivity contribution in [3.05, 3.63) is 24.3 Å². The maximum Gasteiger partial charge on any atom is 0.195 e. The maximum absolute atomic E-state index is 10.4. The van der Waals surface area contributed by atoms with Gasteiger partial charge in [-0.2, -0.15) is 11.8 Å². The summed E-state index contributed by atoms with van der Waals surface area (Å²) in [6, 6.07) is 7.79. The summed E-state index contributed by atoms with van der Waals surface area (Å²) in [5.41, 5.74) is 0.219. The lowest BCUT2D eigenvalue weighted by Gasteiger charge is -2.20. The molecule has 1 aromatic carbocycles. The number of guanidine groups is 1. The summed E-state index contributed by atoms with van der Waals surface area (Å²) in [7, 11) is 1.69. The van der Waals surface area contributed by atoms with Gasteiger partial charge in [0.1, 0.15) is 5.75 Å². The number of anilines is 1. The van der Waals surface area contributed by atoms with E-state index >= 15 is 0 Å². The van der Waals surface area contributed by atoms with E-state index < -0.39 is 5.60 Å². The van der Waals surface area contributed by atoms with Crippen molar-refractivity contribution in [2.75, 3.05) is 50.2 Å². The molecule has 1 heterocycles. The Morgan fingerprint density at radius 1 is 1.40 bits per heavy atom. The molecular weight excluding hydrogens is 338 g/mol. The van der Waals surface area contributed by atoms with Crippen LogP contribution in [0.3, 0.4) is 0 Å². The van der Waals surface area contributed by atoms with Gasteiger partial charge in [0, 0.05) is 44.2 Å². The average Bonchev–Trinajstić information content (AvgIpc) is 3.04. The molecule has 0 aliphatic carbocycles. The van der Waals surface area contributed by atoms with Gasteiger partial charge in [0.25, 0.3) is 0 Å². The average molecular weight is 368 g/mol. The number of aliphatic hydroxyl groups is 1. The number of ether oxygens (including phenoxy) is 2. The van der Waals surface area contributed by atoms with Gasteiger partial charge in [-0.3, -0.25) is 0 Å². The van der Waals surface area contributed by atoms with Gasteiger partial charge >= 0.3 is 0 Å². The van der Waals surface area contributed by atoms with Crippen LogP contribution in [0.2, 0.25) is 0 Å². The molecule has 1 aliphatic heterocycles. The fourth-order valence-electron chi connectivity index (χ4n) is 2.45. The van der Waals surface area contributed by atoms with E-state index in [1.54, 1.807) is 18.9 Å². The minimum absolute atomic E-state index is 0.405. The van der Waals surface area contributed by atoms with Gasteiger partial charge in [0.05, 0.1) is 18.8 Å². The van der Waals surface area contributed by atoms with Crippen molar-refractivity contribution in [2.45, 2.75) is 25.4 Å². The van der Waals surface area contributed by atoms with Crippen LogP contribution < -0.4 is 15.4 Å². The van der Waals surface area contributed by atoms with Crippen LogP contribution in [0, 0.1) is 0 Å². The molecule has 7 heteroatoms. The second-order valence-corrected chi connectivity index (χ2v) is 7.17. The molecule has 140 valence electrons. The van der Waals surface area contributed by atoms with Crippen LogP contribution >= 0.6 is 11.8 Å². The van der Waals surface area contributed by atoms with E-state index in [-0.39, 0.29) is 0 Å². The fraction of sp³-hybridized carbons (Fsp3) is 0.611. The third-order valence-corrected chi connectivity index (χ3v) is 5.05. The van der Waals surface area contributed by atoms with E-state index in [4.69, 9.17) is 9.47 Å². The first-order valence-electron chi connectivity index (χ1n) is 8.72. The quantitative estimate of drug-likeness (QED) is 0.353. The SMILES string of the molecule is CCNC(=NCC1(O)CCSC1)Nc1cccc(OCCCOC)c1. The number of nitrogens with one attached hydrogen (secondary N) is 2. The lowest BCUT2D eigenvalue weighted by molar-refractivity contribution is 0.0779. The molecule has 0 bridgehead atoms. The number of hydrogen-bond acceptors (Lipinski definition) is 5. The van der Waals surface area contributed by atoms with Crippen LogP contribution in [0.4, 0.5) is 5.69 Å². The van der Waals surface area contributed by atoms with Gasteiger partial charge in [0.15, 0.2) is 5.96 Å². The summed E-state index contributed by atoms with van der Waals surface area (Å²) in [4.78, 5) is 4.55. The second kappa shape index (κ2) is 10.5. The smallest absolute Gasteiger partial charge is 0.195 e. The highest BCUT2D eigenvalue weighted by atomic mass is 32.2. The van der Waals surface area contributed by atoms with Crippen LogP contribution in [0.25, 0.3) is 0 Å². The van der Waals surface area contributed by atoms with Crippen LogP contribution in [0.5, 0.6) is 5.75 Å². The third-order valence-electron chi connectivity index (χ3n) is 3.82. The van der Waals surface area contributed by atoms with Gasteiger partial charge in [0.2, 0.25) is 0 Å². The molecule has 0 radical (unpaired) electrons. The Kier molecular flexibility index (Phi) is 8.37. The predicted molar refractivity (Wildman–Crippen MR) is 105 cm³/mol. The highest BCUT2D eigenvalue weighted by molar-refractivity contribution is 7.99. The van der Waals surface area contributed by atoms with Crippen molar-refractivity contribution in [3.8, 4) is 5.75 Å². The summed E-state index contributed by atoms with van der Waals surface area (Å²) in [6.07, 6.45) is 1.65. The topological polar surface area (TPSA) is 75.1 Å². The molecule has 1 aromatic rings. The molecule has 0 spiro atoms. The summed E-state index contributed by atoms with van der Waals surface area (Å²) >= 11 is 1.78. The van der Waals surface area contributed by atoms with Crippen molar-refractivity contribution in [3.63, 3.8) is 0 Å². The predicted octanol–water partition coefficient (Wildman–Crippen LogP) is 2.35. The first kappa shape index (κ1) is 19.9. The second-order valence-electron chi connectivity index (χ2n) is 6.07. The molecule has 1 aliphatic rings. The molecule has 0 saturated carbocycles. The van der Waals surface area contributed by atoms with Gasteiger partial charge < -0.3 is 25.2 Å². The van der Waals surface area contributed by atoms with Crippen molar-refractivity contribution < 1.29 is 14.6 Å². The van der Waals surface area contributed by atoms with Crippen molar-refractivity contribution in [2.24, 2.45) is 4.99 Å². The van der Waals surface area contributed by atoms with Crippen LogP contribution in [0.1, 0.15) is 19.8 Å². The summed E-state index contributed by atoms with van der Waals surface area (Å²) < 4.78 is 10.7. The molecule has 1 saturated heterocycles. The Hall–Kier alpha value is -1.44. The van der Waals surface area contributed by atoms with Crippen LogP contribution in [-0.4, -0.2) is 61.6 Å². The van der Waals surface area contributed by atoms with Crippen LogP contribution in [-0.2, 0) is 4.74 Å². The number of benzene rings is 1. The molecule has 6 nitrogen and oxygen atoms in total. The zero-order valence-electron chi connectivity index (χ0n) is 15.1. The monoisotopic (exact) mass is 367 g/mol. The number of thioether (sulfide) groups is 1. The minimum Gasteiger partial charge on any atom is -0.493 e. The molecule has 0 amide bonds. The Balaban J connectivity index is 1.93. The normalized spacial score (nSPS) is 20.5. The molecule has 1 unspecified atom stereocenters. The zero-order valence-corrected chi connectivity index (χ0v) is 15.9. The first-order chi connectivity index (χ1) is 12.1. The maximum atomic E-state index is 10.4. The highest BCUT2D eigenvalue weighted by Crippen LogP contribution is 2.28. The zero-order chi connectivity index (χ0) is 18.0. The van der Waals surface area contributed by atoms with E-state index in [1.807, 2.05) is 31.2 Å². The van der Waals surface area contributed by atoms with Crippen LogP contribution in [0.15, 0.2) is 29.3 Å². The van der Waals surface area contributed by atoms with E-state index in [2.05, 4.69) is 15.6 Å². The Labute approximate surface area is 154 Å². The lowest BCUT2D eigenvalue weighted by atomic mass is 10.1. The number of aliphatic imine (C=N–C) groups is 1. The largest absolute Gasteiger partial charge is 0.493 e. The van der Waals surface area contributed by atoms with E-state index in [0.717, 1.165) is 42.3 Å². The van der Waals surface area contributed by atoms with Crippen molar-refractivity contribution in [1.29, 1.82) is 0 Å². The summed E-state index contributed by atoms with van der Waals surface area (Å²) in [5, 5.41) is 16.9. The Morgan fingerprint density at radius 3 is 3.00 bits per heavy atom. The van der Waals surface area contributed by atoms with Gasteiger partial charge in [-0.15, -0.1) is 0 Å². The number of rotatable bonds is 9. The highest BCUT2D eigenvalue weighted by Gasteiger charge is 2.31. The summed E-state index contributed by atoms with van der Waals surface area (Å²) in [6.45, 7) is 4.49. The van der Waals surface area contributed by atoms with Gasteiger partial charge in [-0.1, -0.05) is 6.07 Å². The number of hydrogen-bond donors (Lipinski definition) is 3. The molecule has 0 aromatic heterocycles. The first-order valence-corrected chi connectivity index (χ1v) is 9.88. The fourth-order valence-corrected chi connectivity index (χ4v) is 3.73. The Bertz CT molecular complexity index is 548. The summed E-state index contributed by atoms with van der Waals surface area (Å²) in [5.74, 6) is 3.23. The lowest BCUT2D eigenvalue weighted by Crippen LogP contribution is -2.36. The molecule has 3 N–H and O–H groups in total. The van der Waals surface area contributed by atoms with Crippen molar-refractivity contribution >= 4 is 23.4 Å². The van der Waals surface area contributed by atoms with E-state index in [9.17, 15) is 5.11 Å². The molecular formula is C18H29N3O3S. The third kappa shape index (κ3) is 7.13. The number of nitrogens with zero attached hydrogens (tertiary/aromatic N) is 1. The van der Waals surface area contributed by atoms with Gasteiger partial charge in [-0.25, -0.2) is 4.99 Å². The van der Waals surface area contributed by atoms with E-state index in [0.29, 0.717) is 25.7 Å². The molecule has 1 fully saturated rings. The van der Waals surface area contributed by atoms with Gasteiger partial charge in [-0.05, 0) is 31.2 Å². The minimum atomic E-state index is -0.681. The molecule has 25 heavy (non-hydrogen) atoms. The standard InChI is InChI=1S/C18H29N3O3S/c1-3-19-17(20-13-18(22)8-11-25-14-18)21-15-6-4-7-16(12-15)24-10-5-9-23-2/h4,6-7,12,22H,3,5,8-11,13-14H2,1-2H3,(H2,19,20,21). The van der Waals surface area contributed by atoms with E-state index in [1.165, 1.54) is 0 Å².